The molecule has 2 heterocycles. The minimum atomic E-state index is -0.377. The molecule has 0 radical (unpaired) electrons. The number of hydrogen-bond acceptors (Lipinski definition) is 5. The first-order valence-electron chi connectivity index (χ1n) is 6.65. The Bertz CT molecular complexity index is 389. The van der Waals surface area contributed by atoms with Gasteiger partial charge in [-0.3, -0.25) is 0 Å². The van der Waals surface area contributed by atoms with E-state index in [-0.39, 0.29) is 11.1 Å². The van der Waals surface area contributed by atoms with Crippen molar-refractivity contribution in [2.75, 3.05) is 6.61 Å². The van der Waals surface area contributed by atoms with Crippen molar-refractivity contribution < 1.29 is 9.26 Å². The van der Waals surface area contributed by atoms with Gasteiger partial charge in [-0.05, 0) is 46.5 Å². The molecule has 0 aromatic carbocycles. The number of ether oxygens (including phenoxy) is 1. The van der Waals surface area contributed by atoms with E-state index in [4.69, 9.17) is 15.0 Å². The third-order valence-electron chi connectivity index (χ3n) is 3.39. The third kappa shape index (κ3) is 3.29. The lowest BCUT2D eigenvalue weighted by molar-refractivity contribution is -0.0770. The summed E-state index contributed by atoms with van der Waals surface area (Å²) < 4.78 is 11.1. The quantitative estimate of drug-likeness (QED) is 0.890. The van der Waals surface area contributed by atoms with Crippen molar-refractivity contribution in [1.29, 1.82) is 0 Å². The molecular formula is C13H23N3O2. The van der Waals surface area contributed by atoms with E-state index in [1.165, 1.54) is 0 Å². The fourth-order valence-corrected chi connectivity index (χ4v) is 2.11. The van der Waals surface area contributed by atoms with Crippen LogP contribution < -0.4 is 5.73 Å². The first kappa shape index (κ1) is 13.5. The lowest BCUT2D eigenvalue weighted by Gasteiger charge is -2.30. The molecule has 1 aliphatic rings. The van der Waals surface area contributed by atoms with Gasteiger partial charge in [0.2, 0.25) is 11.7 Å². The van der Waals surface area contributed by atoms with Gasteiger partial charge in [0, 0.05) is 18.6 Å². The highest BCUT2D eigenvalue weighted by atomic mass is 16.5. The van der Waals surface area contributed by atoms with Crippen molar-refractivity contribution in [2.45, 2.75) is 64.0 Å². The van der Waals surface area contributed by atoms with Gasteiger partial charge in [-0.15, -0.1) is 0 Å². The number of hydrogen-bond donors (Lipinski definition) is 1. The van der Waals surface area contributed by atoms with E-state index in [2.05, 4.69) is 10.1 Å². The fraction of sp³-hybridized carbons (Fsp3) is 0.846. The van der Waals surface area contributed by atoms with Gasteiger partial charge in [-0.25, -0.2) is 0 Å². The van der Waals surface area contributed by atoms with Crippen molar-refractivity contribution in [2.24, 2.45) is 5.73 Å². The predicted molar refractivity (Wildman–Crippen MR) is 68.0 cm³/mol. The van der Waals surface area contributed by atoms with Crippen LogP contribution in [0.5, 0.6) is 0 Å². The average molecular weight is 253 g/mol. The van der Waals surface area contributed by atoms with Crippen LogP contribution >= 0.6 is 0 Å². The maximum absolute atomic E-state index is 5.94. The summed E-state index contributed by atoms with van der Waals surface area (Å²) in [5.41, 5.74) is 5.36. The summed E-state index contributed by atoms with van der Waals surface area (Å²) in [7, 11) is 0. The molecule has 0 amide bonds. The Hall–Kier alpha value is -0.940. The summed E-state index contributed by atoms with van der Waals surface area (Å²) in [5.74, 6) is 1.32. The van der Waals surface area contributed by atoms with Crippen LogP contribution in [0.15, 0.2) is 4.52 Å². The summed E-state index contributed by atoms with van der Waals surface area (Å²) in [4.78, 5) is 4.45. The standard InChI is InChI=1S/C13H23N3O2/c1-12(2,14)8-6-10-15-11(16-18-10)13(3)7-4-5-9-17-13/h4-9,14H2,1-3H3. The Morgan fingerprint density at radius 3 is 2.78 bits per heavy atom. The van der Waals surface area contributed by atoms with Gasteiger partial charge in [0.15, 0.2) is 0 Å². The molecule has 1 aliphatic heterocycles. The van der Waals surface area contributed by atoms with E-state index in [0.717, 1.165) is 32.3 Å². The molecule has 5 heteroatoms. The largest absolute Gasteiger partial charge is 0.367 e. The number of nitrogens with two attached hydrogens (primary N) is 1. The first-order valence-corrected chi connectivity index (χ1v) is 6.65. The minimum absolute atomic E-state index is 0.208. The average Bonchev–Trinajstić information content (AvgIpc) is 2.76. The number of rotatable bonds is 4. The van der Waals surface area contributed by atoms with Crippen molar-refractivity contribution >= 4 is 0 Å². The van der Waals surface area contributed by atoms with Crippen molar-refractivity contribution in [3.63, 3.8) is 0 Å². The molecule has 102 valence electrons. The zero-order valence-corrected chi connectivity index (χ0v) is 11.5. The van der Waals surface area contributed by atoms with E-state index in [1.807, 2.05) is 20.8 Å². The molecule has 1 atom stereocenters. The molecular weight excluding hydrogens is 230 g/mol. The molecule has 2 N–H and O–H groups in total. The zero-order valence-electron chi connectivity index (χ0n) is 11.5. The smallest absolute Gasteiger partial charge is 0.226 e. The molecule has 1 saturated heterocycles. The highest BCUT2D eigenvalue weighted by molar-refractivity contribution is 5.01. The third-order valence-corrected chi connectivity index (χ3v) is 3.39. The second-order valence-corrected chi connectivity index (χ2v) is 6.04. The van der Waals surface area contributed by atoms with Gasteiger partial charge in [0.25, 0.3) is 0 Å². The van der Waals surface area contributed by atoms with E-state index in [1.54, 1.807) is 0 Å². The summed E-state index contributed by atoms with van der Waals surface area (Å²) >= 11 is 0. The molecule has 18 heavy (non-hydrogen) atoms. The SMILES string of the molecule is CC(C)(N)CCc1nc(C2(C)CCCCO2)no1. The van der Waals surface area contributed by atoms with Crippen LogP contribution in [0.1, 0.15) is 58.2 Å². The van der Waals surface area contributed by atoms with Gasteiger partial charge in [-0.1, -0.05) is 5.16 Å². The number of aromatic nitrogens is 2. The molecule has 1 aromatic heterocycles. The first-order chi connectivity index (χ1) is 8.39. The number of nitrogens with zero attached hydrogens (tertiary/aromatic N) is 2. The van der Waals surface area contributed by atoms with Gasteiger partial charge in [-0.2, -0.15) is 4.98 Å². The minimum Gasteiger partial charge on any atom is -0.367 e. The van der Waals surface area contributed by atoms with Crippen LogP contribution in [0.25, 0.3) is 0 Å². The van der Waals surface area contributed by atoms with Gasteiger partial charge >= 0.3 is 0 Å². The normalized spacial score (nSPS) is 25.3. The molecule has 0 aliphatic carbocycles. The maximum Gasteiger partial charge on any atom is 0.226 e. The van der Waals surface area contributed by atoms with Crippen molar-refractivity contribution in [1.82, 2.24) is 10.1 Å². The molecule has 5 nitrogen and oxygen atoms in total. The van der Waals surface area contributed by atoms with Crippen LogP contribution in [-0.4, -0.2) is 22.3 Å². The lowest BCUT2D eigenvalue weighted by Crippen LogP contribution is -2.32. The summed E-state index contributed by atoms with van der Waals surface area (Å²) in [5, 5.41) is 4.06. The van der Waals surface area contributed by atoms with E-state index in [9.17, 15) is 0 Å². The van der Waals surface area contributed by atoms with Crippen LogP contribution in [0.3, 0.4) is 0 Å². The van der Waals surface area contributed by atoms with E-state index < -0.39 is 0 Å². The summed E-state index contributed by atoms with van der Waals surface area (Å²) in [6, 6.07) is 0. The maximum atomic E-state index is 5.94. The highest BCUT2D eigenvalue weighted by Crippen LogP contribution is 2.32. The van der Waals surface area contributed by atoms with Gasteiger partial charge < -0.3 is 15.0 Å². The second kappa shape index (κ2) is 4.97. The molecule has 0 saturated carbocycles. The molecule has 0 bridgehead atoms. The van der Waals surface area contributed by atoms with Gasteiger partial charge in [0.05, 0.1) is 0 Å². The topological polar surface area (TPSA) is 74.2 Å². The molecule has 2 rings (SSSR count). The highest BCUT2D eigenvalue weighted by Gasteiger charge is 2.34. The van der Waals surface area contributed by atoms with E-state index >= 15 is 0 Å². The fourth-order valence-electron chi connectivity index (χ4n) is 2.11. The zero-order chi connectivity index (χ0) is 13.2. The summed E-state index contributed by atoms with van der Waals surface area (Å²) in [6.07, 6.45) is 4.75. The Balaban J connectivity index is 2.01. The molecule has 1 fully saturated rings. The summed E-state index contributed by atoms with van der Waals surface area (Å²) in [6.45, 7) is 6.80. The lowest BCUT2D eigenvalue weighted by atomic mass is 9.95. The second-order valence-electron chi connectivity index (χ2n) is 6.04. The molecule has 0 spiro atoms. The molecule has 1 unspecified atom stereocenters. The van der Waals surface area contributed by atoms with Crippen molar-refractivity contribution in [3.8, 4) is 0 Å². The Morgan fingerprint density at radius 1 is 1.39 bits per heavy atom. The van der Waals surface area contributed by atoms with Crippen LogP contribution in [-0.2, 0) is 16.8 Å². The van der Waals surface area contributed by atoms with Crippen LogP contribution in [0, 0.1) is 0 Å². The predicted octanol–water partition coefficient (Wildman–Crippen LogP) is 2.16. The van der Waals surface area contributed by atoms with Gasteiger partial charge in [0.1, 0.15) is 5.60 Å². The van der Waals surface area contributed by atoms with Crippen molar-refractivity contribution in [3.05, 3.63) is 11.7 Å². The Kier molecular flexibility index (Phi) is 3.73. The van der Waals surface area contributed by atoms with Crippen LogP contribution in [0.4, 0.5) is 0 Å². The Morgan fingerprint density at radius 2 is 2.17 bits per heavy atom. The number of aryl methyl sites for hydroxylation is 1. The Labute approximate surface area is 108 Å². The van der Waals surface area contributed by atoms with Crippen LogP contribution in [0.2, 0.25) is 0 Å². The monoisotopic (exact) mass is 253 g/mol. The molecule has 1 aromatic rings. The van der Waals surface area contributed by atoms with E-state index in [0.29, 0.717) is 18.1 Å².